The highest BCUT2D eigenvalue weighted by atomic mass is 35.5. The number of nitrogens with zero attached hydrogens (tertiary/aromatic N) is 2. The molecule has 0 aromatic heterocycles. The minimum Gasteiger partial charge on any atom is -0.368 e. The molecule has 1 amide bonds. The van der Waals surface area contributed by atoms with E-state index in [1.807, 2.05) is 18.2 Å². The maximum absolute atomic E-state index is 10.8. The van der Waals surface area contributed by atoms with Crippen molar-refractivity contribution in [1.82, 2.24) is 10.2 Å². The smallest absolute Gasteiger partial charge is 0.216 e. The first kappa shape index (κ1) is 16.4. The van der Waals surface area contributed by atoms with Gasteiger partial charge in [0.2, 0.25) is 5.91 Å². The minimum atomic E-state index is 0.0374. The van der Waals surface area contributed by atoms with E-state index < -0.39 is 0 Å². The SMILES string of the molecule is CC(=O)NCCCN1CCN(c2cc(Cl)ccc2Cl)CC1. The number of halogens is 2. The summed E-state index contributed by atoms with van der Waals surface area (Å²) in [5, 5.41) is 4.29. The Kier molecular flexibility index (Phi) is 6.15. The van der Waals surface area contributed by atoms with Crippen LogP contribution in [0.1, 0.15) is 13.3 Å². The first-order valence-electron chi connectivity index (χ1n) is 7.23. The van der Waals surface area contributed by atoms with Gasteiger partial charge >= 0.3 is 0 Å². The molecule has 1 heterocycles. The summed E-state index contributed by atoms with van der Waals surface area (Å²) in [7, 11) is 0. The highest BCUT2D eigenvalue weighted by Gasteiger charge is 2.18. The number of nitrogens with one attached hydrogen (secondary N) is 1. The van der Waals surface area contributed by atoms with E-state index in [9.17, 15) is 4.79 Å². The lowest BCUT2D eigenvalue weighted by Crippen LogP contribution is -2.47. The predicted octanol–water partition coefficient (Wildman–Crippen LogP) is 2.64. The van der Waals surface area contributed by atoms with Crippen molar-refractivity contribution in [2.75, 3.05) is 44.2 Å². The Hall–Kier alpha value is -0.970. The van der Waals surface area contributed by atoms with Crippen molar-refractivity contribution in [1.29, 1.82) is 0 Å². The molecule has 4 nitrogen and oxygen atoms in total. The number of carbonyl (C=O) groups is 1. The zero-order chi connectivity index (χ0) is 15.2. The summed E-state index contributed by atoms with van der Waals surface area (Å²) in [4.78, 5) is 15.5. The summed E-state index contributed by atoms with van der Waals surface area (Å²) in [6.45, 7) is 7.20. The predicted molar refractivity (Wildman–Crippen MR) is 88.4 cm³/mol. The van der Waals surface area contributed by atoms with Gasteiger partial charge in [-0.3, -0.25) is 9.69 Å². The maximum Gasteiger partial charge on any atom is 0.216 e. The molecule has 116 valence electrons. The molecule has 1 aliphatic rings. The Morgan fingerprint density at radius 1 is 1.24 bits per heavy atom. The van der Waals surface area contributed by atoms with Gasteiger partial charge in [0.05, 0.1) is 10.7 Å². The molecule has 2 rings (SSSR count). The maximum atomic E-state index is 10.8. The van der Waals surface area contributed by atoms with Crippen molar-refractivity contribution < 1.29 is 4.79 Å². The van der Waals surface area contributed by atoms with Crippen molar-refractivity contribution in [3.8, 4) is 0 Å². The van der Waals surface area contributed by atoms with Gasteiger partial charge in [-0.15, -0.1) is 0 Å². The summed E-state index contributed by atoms with van der Waals surface area (Å²) < 4.78 is 0. The topological polar surface area (TPSA) is 35.6 Å². The van der Waals surface area contributed by atoms with E-state index in [0.29, 0.717) is 5.02 Å². The van der Waals surface area contributed by atoms with E-state index in [2.05, 4.69) is 15.1 Å². The third-order valence-corrected chi connectivity index (χ3v) is 4.20. The van der Waals surface area contributed by atoms with E-state index in [-0.39, 0.29) is 5.91 Å². The Morgan fingerprint density at radius 3 is 2.62 bits per heavy atom. The molecular formula is C15H21Cl2N3O. The van der Waals surface area contributed by atoms with Crippen molar-refractivity contribution in [2.45, 2.75) is 13.3 Å². The Morgan fingerprint density at radius 2 is 1.95 bits per heavy atom. The second-order valence-corrected chi connectivity index (χ2v) is 6.10. The van der Waals surface area contributed by atoms with E-state index in [0.717, 1.165) is 56.4 Å². The third kappa shape index (κ3) is 5.06. The van der Waals surface area contributed by atoms with Gasteiger partial charge in [-0.25, -0.2) is 0 Å². The molecule has 21 heavy (non-hydrogen) atoms. The quantitative estimate of drug-likeness (QED) is 0.843. The molecule has 1 fully saturated rings. The molecule has 0 unspecified atom stereocenters. The van der Waals surface area contributed by atoms with Gasteiger partial charge in [0.25, 0.3) is 0 Å². The van der Waals surface area contributed by atoms with Crippen LogP contribution < -0.4 is 10.2 Å². The molecule has 0 saturated carbocycles. The average molecular weight is 330 g/mol. The molecule has 0 radical (unpaired) electrons. The highest BCUT2D eigenvalue weighted by Crippen LogP contribution is 2.29. The van der Waals surface area contributed by atoms with Gasteiger partial charge in [-0.05, 0) is 31.2 Å². The van der Waals surface area contributed by atoms with E-state index >= 15 is 0 Å². The van der Waals surface area contributed by atoms with Crippen LogP contribution in [-0.4, -0.2) is 50.1 Å². The lowest BCUT2D eigenvalue weighted by atomic mass is 10.2. The van der Waals surface area contributed by atoms with E-state index in [1.54, 1.807) is 6.92 Å². The molecule has 1 aromatic carbocycles. The molecule has 0 atom stereocenters. The largest absolute Gasteiger partial charge is 0.368 e. The van der Waals surface area contributed by atoms with Crippen LogP contribution in [0.25, 0.3) is 0 Å². The number of benzene rings is 1. The van der Waals surface area contributed by atoms with Crippen molar-refractivity contribution in [3.05, 3.63) is 28.2 Å². The van der Waals surface area contributed by atoms with Crippen LogP contribution in [0, 0.1) is 0 Å². The number of anilines is 1. The summed E-state index contributed by atoms with van der Waals surface area (Å²) in [5.41, 5.74) is 1.02. The van der Waals surface area contributed by atoms with Crippen molar-refractivity contribution in [3.63, 3.8) is 0 Å². The lowest BCUT2D eigenvalue weighted by Gasteiger charge is -2.36. The normalized spacial score (nSPS) is 16.0. The first-order chi connectivity index (χ1) is 10.1. The second kappa shape index (κ2) is 7.87. The molecule has 1 aromatic rings. The molecular weight excluding hydrogens is 309 g/mol. The van der Waals surface area contributed by atoms with Gasteiger partial charge < -0.3 is 10.2 Å². The number of hydrogen-bond donors (Lipinski definition) is 1. The number of rotatable bonds is 5. The van der Waals surface area contributed by atoms with Crippen LogP contribution in [0.4, 0.5) is 5.69 Å². The fourth-order valence-corrected chi connectivity index (χ4v) is 2.91. The van der Waals surface area contributed by atoms with Crippen molar-refractivity contribution in [2.24, 2.45) is 0 Å². The zero-order valence-corrected chi connectivity index (χ0v) is 13.8. The van der Waals surface area contributed by atoms with Gasteiger partial charge in [0.15, 0.2) is 0 Å². The Labute approximate surface area is 136 Å². The Bertz CT molecular complexity index is 488. The lowest BCUT2D eigenvalue weighted by molar-refractivity contribution is -0.118. The number of carbonyl (C=O) groups excluding carboxylic acids is 1. The van der Waals surface area contributed by atoms with Gasteiger partial charge in [0.1, 0.15) is 0 Å². The van der Waals surface area contributed by atoms with Crippen LogP contribution >= 0.6 is 23.2 Å². The van der Waals surface area contributed by atoms with Crippen LogP contribution in [0.3, 0.4) is 0 Å². The summed E-state index contributed by atoms with van der Waals surface area (Å²) in [6, 6.07) is 5.58. The van der Waals surface area contributed by atoms with Gasteiger partial charge in [-0.2, -0.15) is 0 Å². The molecule has 0 spiro atoms. The van der Waals surface area contributed by atoms with Crippen LogP contribution in [0.15, 0.2) is 18.2 Å². The summed E-state index contributed by atoms with van der Waals surface area (Å²) in [5.74, 6) is 0.0374. The third-order valence-electron chi connectivity index (χ3n) is 3.65. The zero-order valence-electron chi connectivity index (χ0n) is 12.2. The molecule has 6 heteroatoms. The number of piperazine rings is 1. The Balaban J connectivity index is 1.78. The van der Waals surface area contributed by atoms with Crippen LogP contribution in [-0.2, 0) is 4.79 Å². The van der Waals surface area contributed by atoms with Crippen LogP contribution in [0.2, 0.25) is 10.0 Å². The van der Waals surface area contributed by atoms with Crippen LogP contribution in [0.5, 0.6) is 0 Å². The molecule has 1 aliphatic heterocycles. The molecule has 1 N–H and O–H groups in total. The minimum absolute atomic E-state index is 0.0374. The van der Waals surface area contributed by atoms with Gasteiger partial charge in [0, 0.05) is 44.7 Å². The van der Waals surface area contributed by atoms with Crippen molar-refractivity contribution >= 4 is 34.8 Å². The summed E-state index contributed by atoms with van der Waals surface area (Å²) in [6.07, 6.45) is 0.984. The monoisotopic (exact) mass is 329 g/mol. The fourth-order valence-electron chi connectivity index (χ4n) is 2.51. The fraction of sp³-hybridized carbons (Fsp3) is 0.533. The molecule has 0 aliphatic carbocycles. The number of amides is 1. The molecule has 1 saturated heterocycles. The van der Waals surface area contributed by atoms with E-state index in [4.69, 9.17) is 23.2 Å². The summed E-state index contributed by atoms with van der Waals surface area (Å²) >= 11 is 12.3. The van der Waals surface area contributed by atoms with E-state index in [1.165, 1.54) is 0 Å². The second-order valence-electron chi connectivity index (χ2n) is 5.26. The first-order valence-corrected chi connectivity index (χ1v) is 7.98. The van der Waals surface area contributed by atoms with Gasteiger partial charge in [-0.1, -0.05) is 23.2 Å². The highest BCUT2D eigenvalue weighted by molar-refractivity contribution is 6.35. The average Bonchev–Trinajstić information content (AvgIpc) is 2.47. The standard InChI is InChI=1S/C15H21Cl2N3O/c1-12(21)18-5-2-6-19-7-9-20(10-8-19)15-11-13(16)3-4-14(15)17/h3-4,11H,2,5-10H2,1H3,(H,18,21). The number of hydrogen-bond acceptors (Lipinski definition) is 3. The molecule has 0 bridgehead atoms.